The Morgan fingerprint density at radius 1 is 1.00 bits per heavy atom. The van der Waals surface area contributed by atoms with Crippen LogP contribution < -0.4 is 5.32 Å². The molecule has 0 aliphatic carbocycles. The molecule has 0 radical (unpaired) electrons. The van der Waals surface area contributed by atoms with E-state index < -0.39 is 40.9 Å². The summed E-state index contributed by atoms with van der Waals surface area (Å²) in [6.45, 7) is 1.66. The molecule has 2 heterocycles. The van der Waals surface area contributed by atoms with Gasteiger partial charge in [-0.1, -0.05) is 5.16 Å². The van der Waals surface area contributed by atoms with Crippen LogP contribution in [-0.2, 0) is 17.1 Å². The summed E-state index contributed by atoms with van der Waals surface area (Å²) in [5.74, 6) is -1.09. The number of aromatic nitrogens is 1. The Hall–Kier alpha value is -3.05. The van der Waals surface area contributed by atoms with Crippen molar-refractivity contribution >= 4 is 17.6 Å². The third-order valence-corrected chi connectivity index (χ3v) is 4.87. The minimum absolute atomic E-state index is 0.00631. The Morgan fingerprint density at radius 2 is 1.55 bits per heavy atom. The third-order valence-electron chi connectivity index (χ3n) is 4.87. The van der Waals surface area contributed by atoms with Gasteiger partial charge in [0.2, 0.25) is 5.91 Å². The molecule has 1 aromatic carbocycles. The lowest BCUT2D eigenvalue weighted by atomic mass is 9.95. The lowest BCUT2D eigenvalue weighted by molar-refractivity contribution is -0.143. The van der Waals surface area contributed by atoms with Crippen molar-refractivity contribution in [1.82, 2.24) is 10.1 Å². The molecule has 6 nitrogen and oxygen atoms in total. The molecule has 1 fully saturated rings. The van der Waals surface area contributed by atoms with Crippen LogP contribution in [0.3, 0.4) is 0 Å². The minimum Gasteiger partial charge on any atom is -0.360 e. The van der Waals surface area contributed by atoms with Gasteiger partial charge in [0, 0.05) is 30.6 Å². The monoisotopic (exact) mass is 449 g/mol. The Balaban J connectivity index is 1.71. The first-order chi connectivity index (χ1) is 14.3. The number of rotatable bonds is 3. The fourth-order valence-corrected chi connectivity index (χ4v) is 3.26. The van der Waals surface area contributed by atoms with E-state index in [9.17, 15) is 35.9 Å². The number of benzene rings is 1. The summed E-state index contributed by atoms with van der Waals surface area (Å²) in [6.07, 6.45) is -9.69. The van der Waals surface area contributed by atoms with E-state index in [2.05, 4.69) is 10.5 Å². The number of carbonyl (C=O) groups is 2. The van der Waals surface area contributed by atoms with Crippen LogP contribution in [0.1, 0.15) is 40.1 Å². The van der Waals surface area contributed by atoms with Gasteiger partial charge in [0.1, 0.15) is 5.76 Å². The smallest absolute Gasteiger partial charge is 0.360 e. The highest BCUT2D eigenvalue weighted by atomic mass is 19.4. The second kappa shape index (κ2) is 8.23. The molecule has 0 spiro atoms. The summed E-state index contributed by atoms with van der Waals surface area (Å²) in [7, 11) is 0. The highest BCUT2D eigenvalue weighted by Crippen LogP contribution is 2.36. The molecular formula is C19H17F6N3O3. The Morgan fingerprint density at radius 3 is 2.00 bits per heavy atom. The normalized spacial score (nSPS) is 15.8. The maximum Gasteiger partial charge on any atom is 0.416 e. The first-order valence-electron chi connectivity index (χ1n) is 9.17. The van der Waals surface area contributed by atoms with Gasteiger partial charge in [-0.05, 0) is 38.0 Å². The van der Waals surface area contributed by atoms with Crippen LogP contribution in [-0.4, -0.2) is 35.0 Å². The number of nitrogens with zero attached hydrogens (tertiary/aromatic N) is 2. The summed E-state index contributed by atoms with van der Waals surface area (Å²) >= 11 is 0. The number of anilines is 1. The molecule has 3 rings (SSSR count). The van der Waals surface area contributed by atoms with Crippen molar-refractivity contribution in [2.24, 2.45) is 5.92 Å². The fourth-order valence-electron chi connectivity index (χ4n) is 3.26. The number of hydrogen-bond acceptors (Lipinski definition) is 4. The molecule has 1 saturated heterocycles. The van der Waals surface area contributed by atoms with E-state index in [1.165, 1.54) is 6.07 Å². The lowest BCUT2D eigenvalue weighted by Crippen LogP contribution is -2.41. The van der Waals surface area contributed by atoms with Crippen molar-refractivity contribution in [1.29, 1.82) is 0 Å². The summed E-state index contributed by atoms with van der Waals surface area (Å²) in [5, 5.41) is 6.19. The predicted octanol–water partition coefficient (Wildman–Crippen LogP) is 4.51. The lowest BCUT2D eigenvalue weighted by Gasteiger charge is -2.31. The molecule has 12 heteroatoms. The molecule has 2 amide bonds. The SMILES string of the molecule is Cc1cc(NC(=O)C2CCN(C(=O)c3cc(C(F)(F)F)cc(C(F)(F)F)c3)CC2)no1. The number of nitrogens with one attached hydrogen (secondary N) is 1. The van der Waals surface area contributed by atoms with E-state index >= 15 is 0 Å². The van der Waals surface area contributed by atoms with Crippen molar-refractivity contribution in [2.45, 2.75) is 32.1 Å². The highest BCUT2D eigenvalue weighted by Gasteiger charge is 2.38. The van der Waals surface area contributed by atoms with E-state index in [0.717, 1.165) is 4.90 Å². The summed E-state index contributed by atoms with van der Waals surface area (Å²) in [6, 6.07) is 2.30. The number of carbonyl (C=O) groups excluding carboxylic acids is 2. The minimum atomic E-state index is -5.04. The highest BCUT2D eigenvalue weighted by molar-refractivity contribution is 5.95. The van der Waals surface area contributed by atoms with Crippen LogP contribution in [0, 0.1) is 12.8 Å². The summed E-state index contributed by atoms with van der Waals surface area (Å²) < 4.78 is 82.9. The van der Waals surface area contributed by atoms with E-state index in [1.54, 1.807) is 6.92 Å². The molecule has 0 atom stereocenters. The Bertz CT molecular complexity index is 943. The summed E-state index contributed by atoms with van der Waals surface area (Å²) in [4.78, 5) is 26.0. The van der Waals surface area contributed by atoms with E-state index in [1.807, 2.05) is 0 Å². The van der Waals surface area contributed by atoms with Crippen LogP contribution in [0.2, 0.25) is 0 Å². The first kappa shape index (κ1) is 22.6. The second-order valence-electron chi connectivity index (χ2n) is 7.17. The molecule has 2 aromatic rings. The standard InChI is InChI=1S/C19H17F6N3O3/c1-10-6-15(27-31-10)26-16(29)11-2-4-28(5-3-11)17(30)12-7-13(18(20,21)22)9-14(8-12)19(23,24)25/h6-9,11H,2-5H2,1H3,(H,26,27,29). The van der Waals surface area contributed by atoms with Gasteiger partial charge in [0.15, 0.2) is 5.82 Å². The predicted molar refractivity (Wildman–Crippen MR) is 94.9 cm³/mol. The average molecular weight is 449 g/mol. The van der Waals surface area contributed by atoms with Crippen LogP contribution in [0.15, 0.2) is 28.8 Å². The molecule has 0 unspecified atom stereocenters. The van der Waals surface area contributed by atoms with Crippen LogP contribution >= 0.6 is 0 Å². The maximum absolute atomic E-state index is 13.0. The van der Waals surface area contributed by atoms with Gasteiger partial charge in [-0.15, -0.1) is 0 Å². The van der Waals surface area contributed by atoms with Crippen LogP contribution in [0.5, 0.6) is 0 Å². The Kier molecular flexibility index (Phi) is 6.01. The number of likely N-dealkylation sites (tertiary alicyclic amines) is 1. The largest absolute Gasteiger partial charge is 0.416 e. The van der Waals surface area contributed by atoms with E-state index in [0.29, 0.717) is 17.9 Å². The number of aryl methyl sites for hydroxylation is 1. The van der Waals surface area contributed by atoms with Crippen LogP contribution in [0.25, 0.3) is 0 Å². The molecule has 31 heavy (non-hydrogen) atoms. The van der Waals surface area contributed by atoms with E-state index in [-0.39, 0.29) is 43.7 Å². The van der Waals surface area contributed by atoms with Crippen molar-refractivity contribution in [3.8, 4) is 0 Å². The van der Waals surface area contributed by atoms with Crippen LogP contribution in [0.4, 0.5) is 32.2 Å². The summed E-state index contributed by atoms with van der Waals surface area (Å²) in [5.41, 5.74) is -3.81. The molecule has 1 aromatic heterocycles. The molecular weight excluding hydrogens is 432 g/mol. The van der Waals surface area contributed by atoms with Crippen molar-refractivity contribution in [3.05, 3.63) is 46.7 Å². The molecule has 1 aliphatic heterocycles. The zero-order valence-electron chi connectivity index (χ0n) is 16.1. The van der Waals surface area contributed by atoms with Gasteiger partial charge in [0.25, 0.3) is 5.91 Å². The molecule has 1 N–H and O–H groups in total. The molecule has 0 saturated carbocycles. The van der Waals surface area contributed by atoms with Crippen molar-refractivity contribution in [2.75, 3.05) is 18.4 Å². The average Bonchev–Trinajstić information content (AvgIpc) is 3.10. The zero-order valence-corrected chi connectivity index (χ0v) is 16.1. The number of hydrogen-bond donors (Lipinski definition) is 1. The third kappa shape index (κ3) is 5.36. The Labute approximate surface area is 172 Å². The number of alkyl halides is 6. The number of amides is 2. The van der Waals surface area contributed by atoms with Crippen molar-refractivity contribution in [3.63, 3.8) is 0 Å². The number of piperidine rings is 1. The van der Waals surface area contributed by atoms with Gasteiger partial charge in [-0.3, -0.25) is 9.59 Å². The molecule has 1 aliphatic rings. The number of halogens is 6. The van der Waals surface area contributed by atoms with Gasteiger partial charge in [0.05, 0.1) is 11.1 Å². The van der Waals surface area contributed by atoms with Gasteiger partial charge >= 0.3 is 12.4 Å². The van der Waals surface area contributed by atoms with Gasteiger partial charge in [-0.25, -0.2) is 0 Å². The van der Waals surface area contributed by atoms with Gasteiger partial charge < -0.3 is 14.7 Å². The second-order valence-corrected chi connectivity index (χ2v) is 7.17. The quantitative estimate of drug-likeness (QED) is 0.700. The first-order valence-corrected chi connectivity index (χ1v) is 9.17. The molecule has 168 valence electrons. The fraction of sp³-hybridized carbons (Fsp3) is 0.421. The van der Waals surface area contributed by atoms with Crippen molar-refractivity contribution < 1.29 is 40.5 Å². The molecule has 0 bridgehead atoms. The van der Waals surface area contributed by atoms with E-state index in [4.69, 9.17) is 4.52 Å². The topological polar surface area (TPSA) is 75.4 Å². The zero-order chi connectivity index (χ0) is 23.0. The van der Waals surface area contributed by atoms with Gasteiger partial charge in [-0.2, -0.15) is 26.3 Å². The maximum atomic E-state index is 13.0.